The Balaban J connectivity index is 3.00. The van der Waals surface area contributed by atoms with Crippen molar-refractivity contribution in [1.29, 1.82) is 0 Å². The van der Waals surface area contributed by atoms with Gasteiger partial charge in [-0.05, 0) is 5.56 Å². The summed E-state index contributed by atoms with van der Waals surface area (Å²) in [4.78, 5) is 19.9. The second-order valence-corrected chi connectivity index (χ2v) is 2.35. The Labute approximate surface area is 74.7 Å². The molecular weight excluding hydrogens is 170 g/mol. The molecule has 1 rings (SSSR count). The Morgan fingerprint density at radius 3 is 2.38 bits per heavy atom. The molecular formula is C9H7NO3. The van der Waals surface area contributed by atoms with Crippen LogP contribution in [0, 0.1) is 10.1 Å². The van der Waals surface area contributed by atoms with Crippen molar-refractivity contribution in [1.82, 2.24) is 0 Å². The Hall–Kier alpha value is -1.97. The van der Waals surface area contributed by atoms with Crippen LogP contribution in [0.4, 0.5) is 0 Å². The zero-order chi connectivity index (χ0) is 9.68. The van der Waals surface area contributed by atoms with Crippen molar-refractivity contribution >= 4 is 12.4 Å². The number of carbonyl (C=O) groups is 1. The fourth-order valence-corrected chi connectivity index (χ4v) is 0.911. The maximum absolute atomic E-state index is 10.5. The monoisotopic (exact) mass is 177 g/mol. The third kappa shape index (κ3) is 2.52. The van der Waals surface area contributed by atoms with E-state index in [9.17, 15) is 14.9 Å². The van der Waals surface area contributed by atoms with Crippen LogP contribution in [0.3, 0.4) is 0 Å². The zero-order valence-corrected chi connectivity index (χ0v) is 6.71. The molecule has 0 radical (unpaired) electrons. The van der Waals surface area contributed by atoms with Crippen molar-refractivity contribution in [3.05, 3.63) is 51.7 Å². The number of rotatable bonds is 3. The molecule has 4 nitrogen and oxygen atoms in total. The largest absolute Gasteiger partial charge is 0.298 e. The summed E-state index contributed by atoms with van der Waals surface area (Å²) in [7, 11) is 0. The van der Waals surface area contributed by atoms with Crippen molar-refractivity contribution in [3.63, 3.8) is 0 Å². The van der Waals surface area contributed by atoms with Gasteiger partial charge in [0.05, 0.1) is 4.92 Å². The van der Waals surface area contributed by atoms with Crippen LogP contribution in [0.25, 0.3) is 6.08 Å². The third-order valence-corrected chi connectivity index (χ3v) is 1.50. The highest BCUT2D eigenvalue weighted by Gasteiger charge is 1.96. The summed E-state index contributed by atoms with van der Waals surface area (Å²) < 4.78 is 0. The van der Waals surface area contributed by atoms with Gasteiger partial charge in [-0.2, -0.15) is 0 Å². The van der Waals surface area contributed by atoms with Crippen LogP contribution in [-0.4, -0.2) is 11.2 Å². The molecule has 66 valence electrons. The molecule has 0 N–H and O–H groups in total. The van der Waals surface area contributed by atoms with Crippen LogP contribution < -0.4 is 0 Å². The minimum absolute atomic E-state index is 0.445. The Morgan fingerprint density at radius 2 is 1.85 bits per heavy atom. The second kappa shape index (κ2) is 4.15. The molecule has 1 aromatic rings. The van der Waals surface area contributed by atoms with Crippen molar-refractivity contribution < 1.29 is 9.72 Å². The van der Waals surface area contributed by atoms with Gasteiger partial charge in [-0.25, -0.2) is 0 Å². The summed E-state index contributed by atoms with van der Waals surface area (Å²) in [6.45, 7) is 0. The lowest BCUT2D eigenvalue weighted by Gasteiger charge is -1.94. The summed E-state index contributed by atoms with van der Waals surface area (Å²) in [6.07, 6.45) is 2.77. The average molecular weight is 177 g/mol. The first-order valence-corrected chi connectivity index (χ1v) is 3.60. The van der Waals surface area contributed by atoms with E-state index in [1.807, 2.05) is 0 Å². The first kappa shape index (κ1) is 9.12. The zero-order valence-electron chi connectivity index (χ0n) is 6.71. The minimum Gasteiger partial charge on any atom is -0.298 e. The number of aldehydes is 1. The molecule has 13 heavy (non-hydrogen) atoms. The fourth-order valence-electron chi connectivity index (χ4n) is 0.911. The first-order chi connectivity index (χ1) is 6.24. The summed E-state index contributed by atoms with van der Waals surface area (Å²) in [5.74, 6) is 0. The van der Waals surface area contributed by atoms with Gasteiger partial charge >= 0.3 is 0 Å². The van der Waals surface area contributed by atoms with Gasteiger partial charge in [0.15, 0.2) is 6.29 Å². The maximum Gasteiger partial charge on any atom is 0.235 e. The molecule has 0 saturated carbocycles. The Morgan fingerprint density at radius 1 is 1.23 bits per heavy atom. The quantitative estimate of drug-likeness (QED) is 0.401. The minimum atomic E-state index is -0.568. The molecule has 4 heteroatoms. The molecule has 0 saturated heterocycles. The lowest BCUT2D eigenvalue weighted by atomic mass is 10.1. The van der Waals surface area contributed by atoms with Crippen LogP contribution >= 0.6 is 0 Å². The number of carbonyl (C=O) groups excluding carboxylic acids is 1. The molecule has 0 aliphatic heterocycles. The van der Waals surface area contributed by atoms with Gasteiger partial charge in [-0.15, -0.1) is 0 Å². The van der Waals surface area contributed by atoms with Crippen LogP contribution in [0.2, 0.25) is 0 Å². The SMILES string of the molecule is O=Cc1ccccc1C=C[N+](=O)[O-]. The number of benzene rings is 1. The van der Waals surface area contributed by atoms with Crippen LogP contribution in [0.5, 0.6) is 0 Å². The predicted molar refractivity (Wildman–Crippen MR) is 47.9 cm³/mol. The molecule has 0 amide bonds. The van der Waals surface area contributed by atoms with Gasteiger partial charge in [0.1, 0.15) is 0 Å². The Bertz CT molecular complexity index is 358. The van der Waals surface area contributed by atoms with Gasteiger partial charge in [0.2, 0.25) is 6.20 Å². The van der Waals surface area contributed by atoms with Crippen LogP contribution in [-0.2, 0) is 0 Å². The van der Waals surface area contributed by atoms with E-state index in [1.165, 1.54) is 6.08 Å². The predicted octanol–water partition coefficient (Wildman–Crippen LogP) is 1.75. The van der Waals surface area contributed by atoms with E-state index in [2.05, 4.69) is 0 Å². The summed E-state index contributed by atoms with van der Waals surface area (Å²) >= 11 is 0. The highest BCUT2D eigenvalue weighted by atomic mass is 16.6. The standard InChI is InChI=1S/C9H7NO3/c11-7-9-4-2-1-3-8(9)5-6-10(12)13/h1-7H. The van der Waals surface area contributed by atoms with Gasteiger partial charge in [0.25, 0.3) is 0 Å². The fraction of sp³-hybridized carbons (Fsp3) is 0. The molecule has 0 fully saturated rings. The summed E-state index contributed by atoms with van der Waals surface area (Å²) in [6, 6.07) is 6.66. The van der Waals surface area contributed by atoms with Crippen LogP contribution in [0.15, 0.2) is 30.5 Å². The summed E-state index contributed by atoms with van der Waals surface area (Å²) in [5.41, 5.74) is 0.995. The van der Waals surface area contributed by atoms with Crippen molar-refractivity contribution in [2.45, 2.75) is 0 Å². The molecule has 0 atom stereocenters. The number of nitrogens with zero attached hydrogens (tertiary/aromatic N) is 1. The lowest BCUT2D eigenvalue weighted by Crippen LogP contribution is -1.87. The van der Waals surface area contributed by atoms with E-state index in [-0.39, 0.29) is 0 Å². The molecule has 0 aromatic heterocycles. The molecule has 0 bridgehead atoms. The second-order valence-electron chi connectivity index (χ2n) is 2.35. The lowest BCUT2D eigenvalue weighted by molar-refractivity contribution is -0.400. The Kier molecular flexibility index (Phi) is 2.92. The first-order valence-electron chi connectivity index (χ1n) is 3.60. The number of hydrogen-bond donors (Lipinski definition) is 0. The van der Waals surface area contributed by atoms with Crippen molar-refractivity contribution in [2.75, 3.05) is 0 Å². The smallest absolute Gasteiger partial charge is 0.235 e. The molecule has 0 spiro atoms. The van der Waals surface area contributed by atoms with Crippen LogP contribution in [0.1, 0.15) is 15.9 Å². The third-order valence-electron chi connectivity index (χ3n) is 1.50. The van der Waals surface area contributed by atoms with E-state index >= 15 is 0 Å². The van der Waals surface area contributed by atoms with E-state index < -0.39 is 4.92 Å². The van der Waals surface area contributed by atoms with Crippen molar-refractivity contribution in [2.24, 2.45) is 0 Å². The molecule has 0 heterocycles. The molecule has 1 aromatic carbocycles. The molecule has 0 unspecified atom stereocenters. The maximum atomic E-state index is 10.5. The highest BCUT2D eigenvalue weighted by Crippen LogP contribution is 2.07. The van der Waals surface area contributed by atoms with Gasteiger partial charge in [0, 0.05) is 11.6 Å². The summed E-state index contributed by atoms with van der Waals surface area (Å²) in [5, 5.41) is 10.0. The van der Waals surface area contributed by atoms with E-state index in [4.69, 9.17) is 0 Å². The molecule has 0 aliphatic carbocycles. The highest BCUT2D eigenvalue weighted by molar-refractivity contribution is 5.81. The number of nitro groups is 1. The normalized spacial score (nSPS) is 10.2. The van der Waals surface area contributed by atoms with Gasteiger partial charge in [-0.1, -0.05) is 24.3 Å². The van der Waals surface area contributed by atoms with Crippen molar-refractivity contribution in [3.8, 4) is 0 Å². The average Bonchev–Trinajstić information content (AvgIpc) is 2.15. The van der Waals surface area contributed by atoms with E-state index in [0.29, 0.717) is 17.4 Å². The van der Waals surface area contributed by atoms with E-state index in [0.717, 1.165) is 6.20 Å². The topological polar surface area (TPSA) is 60.2 Å². The van der Waals surface area contributed by atoms with E-state index in [1.54, 1.807) is 24.3 Å². The van der Waals surface area contributed by atoms with Gasteiger partial charge in [-0.3, -0.25) is 14.9 Å². The number of hydrogen-bond acceptors (Lipinski definition) is 3. The molecule has 0 aliphatic rings. The van der Waals surface area contributed by atoms with Gasteiger partial charge < -0.3 is 0 Å².